The fraction of sp³-hybridized carbons (Fsp3) is 0.556. The molecule has 0 bridgehead atoms. The van der Waals surface area contributed by atoms with E-state index in [0.717, 1.165) is 25.5 Å². The van der Waals surface area contributed by atoms with E-state index < -0.39 is 27.1 Å². The molecule has 1 aromatic rings. The van der Waals surface area contributed by atoms with Crippen molar-refractivity contribution in [3.63, 3.8) is 0 Å². The molecular formula is C18H25NO5S. The second-order valence-corrected chi connectivity index (χ2v) is 8.76. The van der Waals surface area contributed by atoms with Gasteiger partial charge in [-0.3, -0.25) is 9.59 Å². The maximum Gasteiger partial charge on any atom is 0.311 e. The van der Waals surface area contributed by atoms with Crippen molar-refractivity contribution in [1.29, 1.82) is 0 Å². The SMILES string of the molecule is CCc1ccc(C(=O)NCC2(C(=O)O)CCCCC2)cc1S(C)(=O)=O. The highest BCUT2D eigenvalue weighted by molar-refractivity contribution is 7.90. The normalized spacial score (nSPS) is 17.0. The van der Waals surface area contributed by atoms with Crippen molar-refractivity contribution in [2.75, 3.05) is 12.8 Å². The van der Waals surface area contributed by atoms with Gasteiger partial charge in [0.05, 0.1) is 10.3 Å². The Morgan fingerprint density at radius 2 is 1.84 bits per heavy atom. The zero-order valence-electron chi connectivity index (χ0n) is 14.7. The van der Waals surface area contributed by atoms with Crippen LogP contribution in [0.4, 0.5) is 0 Å². The van der Waals surface area contributed by atoms with Crippen molar-refractivity contribution in [3.8, 4) is 0 Å². The summed E-state index contributed by atoms with van der Waals surface area (Å²) in [6.07, 6.45) is 5.45. The van der Waals surface area contributed by atoms with Crippen LogP contribution in [0.25, 0.3) is 0 Å². The maximum atomic E-state index is 12.4. The largest absolute Gasteiger partial charge is 0.481 e. The lowest BCUT2D eigenvalue weighted by Crippen LogP contribution is -2.44. The van der Waals surface area contributed by atoms with Gasteiger partial charge in [0.15, 0.2) is 9.84 Å². The highest BCUT2D eigenvalue weighted by atomic mass is 32.2. The number of rotatable bonds is 6. The van der Waals surface area contributed by atoms with E-state index >= 15 is 0 Å². The van der Waals surface area contributed by atoms with E-state index in [1.165, 1.54) is 6.07 Å². The molecule has 1 saturated carbocycles. The number of hydrogen-bond acceptors (Lipinski definition) is 4. The number of carbonyl (C=O) groups excluding carboxylic acids is 1. The molecule has 0 saturated heterocycles. The minimum atomic E-state index is -3.44. The lowest BCUT2D eigenvalue weighted by Gasteiger charge is -2.33. The molecule has 138 valence electrons. The monoisotopic (exact) mass is 367 g/mol. The highest BCUT2D eigenvalue weighted by Crippen LogP contribution is 2.36. The Hall–Kier alpha value is -1.89. The van der Waals surface area contributed by atoms with Crippen LogP contribution in [0.1, 0.15) is 54.9 Å². The van der Waals surface area contributed by atoms with Crippen LogP contribution < -0.4 is 5.32 Å². The van der Waals surface area contributed by atoms with Gasteiger partial charge in [-0.15, -0.1) is 0 Å². The Labute approximate surface area is 148 Å². The van der Waals surface area contributed by atoms with Crippen LogP contribution in [0, 0.1) is 5.41 Å². The maximum absolute atomic E-state index is 12.4. The zero-order chi connectivity index (χ0) is 18.7. The summed E-state index contributed by atoms with van der Waals surface area (Å²) in [6, 6.07) is 4.59. The van der Waals surface area contributed by atoms with Gasteiger partial charge in [0.2, 0.25) is 0 Å². The van der Waals surface area contributed by atoms with E-state index in [9.17, 15) is 23.1 Å². The first-order chi connectivity index (χ1) is 11.7. The minimum Gasteiger partial charge on any atom is -0.481 e. The van der Waals surface area contributed by atoms with Crippen LogP contribution in [0.5, 0.6) is 0 Å². The summed E-state index contributed by atoms with van der Waals surface area (Å²) >= 11 is 0. The lowest BCUT2D eigenvalue weighted by molar-refractivity contribution is -0.150. The molecule has 0 radical (unpaired) electrons. The average molecular weight is 367 g/mol. The van der Waals surface area contributed by atoms with Gasteiger partial charge in [0.25, 0.3) is 5.91 Å². The summed E-state index contributed by atoms with van der Waals surface area (Å²) < 4.78 is 23.8. The van der Waals surface area contributed by atoms with Gasteiger partial charge in [-0.25, -0.2) is 8.42 Å². The molecule has 1 amide bonds. The van der Waals surface area contributed by atoms with Crippen molar-refractivity contribution >= 4 is 21.7 Å². The van der Waals surface area contributed by atoms with Gasteiger partial charge in [-0.05, 0) is 37.0 Å². The number of carboxylic acid groups (broad SMARTS) is 1. The number of benzene rings is 1. The fourth-order valence-corrected chi connectivity index (χ4v) is 4.41. The van der Waals surface area contributed by atoms with Crippen molar-refractivity contribution < 1.29 is 23.1 Å². The van der Waals surface area contributed by atoms with Crippen LogP contribution in [0.15, 0.2) is 23.1 Å². The molecule has 6 nitrogen and oxygen atoms in total. The topological polar surface area (TPSA) is 101 Å². The minimum absolute atomic E-state index is 0.0604. The van der Waals surface area contributed by atoms with Crippen LogP contribution in [-0.4, -0.2) is 38.2 Å². The third-order valence-electron chi connectivity index (χ3n) is 4.96. The molecule has 25 heavy (non-hydrogen) atoms. The average Bonchev–Trinajstić information content (AvgIpc) is 2.59. The molecule has 1 aromatic carbocycles. The predicted octanol–water partition coefficient (Wildman–Crippen LogP) is 2.42. The molecule has 0 aliphatic heterocycles. The predicted molar refractivity (Wildman–Crippen MR) is 94.4 cm³/mol. The Kier molecular flexibility index (Phi) is 5.87. The summed E-state index contributed by atoms with van der Waals surface area (Å²) in [4.78, 5) is 24.2. The molecule has 2 rings (SSSR count). The second kappa shape index (κ2) is 7.56. The Morgan fingerprint density at radius 1 is 1.20 bits per heavy atom. The van der Waals surface area contributed by atoms with E-state index in [0.29, 0.717) is 24.8 Å². The third-order valence-corrected chi connectivity index (χ3v) is 6.14. The highest BCUT2D eigenvalue weighted by Gasteiger charge is 2.39. The van der Waals surface area contributed by atoms with E-state index in [-0.39, 0.29) is 17.0 Å². The van der Waals surface area contributed by atoms with Crippen LogP contribution in [-0.2, 0) is 21.1 Å². The van der Waals surface area contributed by atoms with Crippen molar-refractivity contribution in [3.05, 3.63) is 29.3 Å². The number of carbonyl (C=O) groups is 2. The van der Waals surface area contributed by atoms with Crippen LogP contribution in [0.2, 0.25) is 0 Å². The van der Waals surface area contributed by atoms with E-state index in [1.807, 2.05) is 6.92 Å². The van der Waals surface area contributed by atoms with E-state index in [2.05, 4.69) is 5.32 Å². The molecule has 0 atom stereocenters. The molecular weight excluding hydrogens is 342 g/mol. The number of aliphatic carboxylic acids is 1. The first kappa shape index (κ1) is 19.4. The Morgan fingerprint density at radius 3 is 2.36 bits per heavy atom. The first-order valence-electron chi connectivity index (χ1n) is 8.54. The number of aryl methyl sites for hydroxylation is 1. The van der Waals surface area contributed by atoms with Gasteiger partial charge in [-0.1, -0.05) is 32.3 Å². The summed E-state index contributed by atoms with van der Waals surface area (Å²) in [5, 5.41) is 12.3. The number of hydrogen-bond donors (Lipinski definition) is 2. The fourth-order valence-electron chi connectivity index (χ4n) is 3.38. The molecule has 0 aromatic heterocycles. The summed E-state index contributed by atoms with van der Waals surface area (Å²) in [7, 11) is -3.44. The van der Waals surface area contributed by atoms with Crippen LogP contribution in [0.3, 0.4) is 0 Å². The molecule has 0 unspecified atom stereocenters. The van der Waals surface area contributed by atoms with Crippen LogP contribution >= 0.6 is 0 Å². The third kappa shape index (κ3) is 4.39. The van der Waals surface area contributed by atoms with Gasteiger partial charge in [0.1, 0.15) is 0 Å². The molecule has 1 fully saturated rings. The molecule has 2 N–H and O–H groups in total. The van der Waals surface area contributed by atoms with Crippen molar-refractivity contribution in [2.24, 2.45) is 5.41 Å². The standard InChI is InChI=1S/C18H25NO5S/c1-3-13-7-8-14(11-15(13)25(2,23)24)16(20)19-12-18(17(21)22)9-5-4-6-10-18/h7-8,11H,3-6,9-10,12H2,1-2H3,(H,19,20)(H,21,22). The smallest absolute Gasteiger partial charge is 0.311 e. The van der Waals surface area contributed by atoms with Gasteiger partial charge >= 0.3 is 5.97 Å². The van der Waals surface area contributed by atoms with Crippen molar-refractivity contribution in [2.45, 2.75) is 50.3 Å². The van der Waals surface area contributed by atoms with Gasteiger partial charge in [-0.2, -0.15) is 0 Å². The molecule has 7 heteroatoms. The molecule has 0 spiro atoms. The Bertz CT molecular complexity index is 764. The van der Waals surface area contributed by atoms with Crippen molar-refractivity contribution in [1.82, 2.24) is 5.32 Å². The lowest BCUT2D eigenvalue weighted by atomic mass is 9.74. The summed E-state index contributed by atoms with van der Waals surface area (Å²) in [5.74, 6) is -1.33. The second-order valence-electron chi connectivity index (χ2n) is 6.78. The molecule has 1 aliphatic carbocycles. The molecule has 0 heterocycles. The number of carboxylic acids is 1. The van der Waals surface area contributed by atoms with E-state index in [4.69, 9.17) is 0 Å². The van der Waals surface area contributed by atoms with Gasteiger partial charge in [0, 0.05) is 18.4 Å². The number of nitrogens with one attached hydrogen (secondary N) is 1. The van der Waals surface area contributed by atoms with E-state index in [1.54, 1.807) is 12.1 Å². The first-order valence-corrected chi connectivity index (χ1v) is 10.4. The quantitative estimate of drug-likeness (QED) is 0.804. The number of sulfone groups is 1. The zero-order valence-corrected chi connectivity index (χ0v) is 15.5. The summed E-state index contributed by atoms with van der Waals surface area (Å²) in [6.45, 7) is 1.91. The Balaban J connectivity index is 2.19. The molecule has 1 aliphatic rings. The summed E-state index contributed by atoms with van der Waals surface area (Å²) in [5.41, 5.74) is -0.0287. The number of amides is 1. The van der Waals surface area contributed by atoms with Gasteiger partial charge < -0.3 is 10.4 Å².